The molecular weight excluding hydrogens is 355 g/mol. The first-order valence-electron chi connectivity index (χ1n) is 6.98. The first-order chi connectivity index (χ1) is 11.4. The monoisotopic (exact) mass is 368 g/mol. The molecule has 0 saturated carbocycles. The Kier molecular flexibility index (Phi) is 6.00. The Hall–Kier alpha value is -2.31. The lowest BCUT2D eigenvalue weighted by atomic mass is 10.1. The third kappa shape index (κ3) is 4.84. The Labute approximate surface area is 148 Å². The molecule has 8 heteroatoms. The van der Waals surface area contributed by atoms with Crippen LogP contribution in [0.2, 0.25) is 10.0 Å². The largest absolute Gasteiger partial charge is 0.477 e. The number of nitrogens with one attached hydrogen (secondary N) is 1. The Morgan fingerprint density at radius 3 is 2.46 bits per heavy atom. The molecule has 2 aromatic carbocycles. The summed E-state index contributed by atoms with van der Waals surface area (Å²) in [5.74, 6) is -0.416. The number of carbonyl (C=O) groups is 1. The summed E-state index contributed by atoms with van der Waals surface area (Å²) >= 11 is 11.5. The van der Waals surface area contributed by atoms with E-state index in [0.717, 1.165) is 5.56 Å². The Morgan fingerprint density at radius 2 is 1.83 bits per heavy atom. The SMILES string of the molecule is C[C@@H](NC(=O)COc1ccc(Cl)cc1[N+](=O)[O-])c1ccc(Cl)cc1. The van der Waals surface area contributed by atoms with Crippen LogP contribution >= 0.6 is 23.2 Å². The number of nitro groups is 1. The van der Waals surface area contributed by atoms with Crippen LogP contribution in [0.15, 0.2) is 42.5 Å². The molecule has 0 aliphatic heterocycles. The van der Waals surface area contributed by atoms with E-state index in [4.69, 9.17) is 27.9 Å². The molecule has 1 amide bonds. The Morgan fingerprint density at radius 1 is 1.21 bits per heavy atom. The van der Waals surface area contributed by atoms with Gasteiger partial charge in [-0.25, -0.2) is 0 Å². The maximum atomic E-state index is 12.0. The zero-order valence-corrected chi connectivity index (χ0v) is 14.2. The molecule has 1 atom stereocenters. The van der Waals surface area contributed by atoms with Gasteiger partial charge in [0, 0.05) is 16.1 Å². The van der Waals surface area contributed by atoms with Gasteiger partial charge in [-0.05, 0) is 36.8 Å². The fourth-order valence-electron chi connectivity index (χ4n) is 2.02. The van der Waals surface area contributed by atoms with Crippen molar-refractivity contribution in [3.8, 4) is 5.75 Å². The summed E-state index contributed by atoms with van der Waals surface area (Å²) in [7, 11) is 0. The van der Waals surface area contributed by atoms with Crippen LogP contribution in [0.5, 0.6) is 5.75 Å². The molecule has 0 radical (unpaired) electrons. The molecule has 126 valence electrons. The zero-order chi connectivity index (χ0) is 17.7. The summed E-state index contributed by atoms with van der Waals surface area (Å²) in [5, 5.41) is 14.5. The average Bonchev–Trinajstić information content (AvgIpc) is 2.54. The van der Waals surface area contributed by atoms with Crippen LogP contribution in [0.4, 0.5) is 5.69 Å². The second kappa shape index (κ2) is 7.99. The zero-order valence-electron chi connectivity index (χ0n) is 12.7. The van der Waals surface area contributed by atoms with E-state index in [1.54, 1.807) is 24.3 Å². The number of hydrogen-bond acceptors (Lipinski definition) is 4. The van der Waals surface area contributed by atoms with E-state index >= 15 is 0 Å². The normalized spacial score (nSPS) is 11.6. The number of ether oxygens (including phenoxy) is 1. The number of benzene rings is 2. The van der Waals surface area contributed by atoms with Gasteiger partial charge in [0.25, 0.3) is 5.91 Å². The minimum atomic E-state index is -0.616. The van der Waals surface area contributed by atoms with Crippen molar-refractivity contribution in [1.82, 2.24) is 5.32 Å². The van der Waals surface area contributed by atoms with Crippen molar-refractivity contribution in [2.45, 2.75) is 13.0 Å². The van der Waals surface area contributed by atoms with Gasteiger partial charge in [-0.2, -0.15) is 0 Å². The molecule has 0 fully saturated rings. The van der Waals surface area contributed by atoms with E-state index in [1.165, 1.54) is 18.2 Å². The predicted octanol–water partition coefficient (Wildman–Crippen LogP) is 4.16. The van der Waals surface area contributed by atoms with Gasteiger partial charge in [0.15, 0.2) is 12.4 Å². The first-order valence-corrected chi connectivity index (χ1v) is 7.74. The molecule has 1 N–H and O–H groups in total. The van der Waals surface area contributed by atoms with Crippen LogP contribution in [0.1, 0.15) is 18.5 Å². The molecule has 6 nitrogen and oxygen atoms in total. The summed E-state index contributed by atoms with van der Waals surface area (Å²) in [6.45, 7) is 1.46. The van der Waals surface area contributed by atoms with Crippen molar-refractivity contribution < 1.29 is 14.5 Å². The van der Waals surface area contributed by atoms with E-state index < -0.39 is 10.8 Å². The van der Waals surface area contributed by atoms with Crippen molar-refractivity contribution in [1.29, 1.82) is 0 Å². The lowest BCUT2D eigenvalue weighted by Crippen LogP contribution is -2.31. The summed E-state index contributed by atoms with van der Waals surface area (Å²) in [4.78, 5) is 22.3. The van der Waals surface area contributed by atoms with Gasteiger partial charge in [0.2, 0.25) is 0 Å². The Balaban J connectivity index is 1.96. The fraction of sp³-hybridized carbons (Fsp3) is 0.188. The number of amides is 1. The van der Waals surface area contributed by atoms with Crippen LogP contribution in [-0.2, 0) is 4.79 Å². The lowest BCUT2D eigenvalue weighted by Gasteiger charge is -2.15. The highest BCUT2D eigenvalue weighted by Crippen LogP contribution is 2.29. The third-order valence-electron chi connectivity index (χ3n) is 3.22. The van der Waals surface area contributed by atoms with Gasteiger partial charge in [0.1, 0.15) is 0 Å². The summed E-state index contributed by atoms with van der Waals surface area (Å²) in [6, 6.07) is 10.8. The maximum Gasteiger partial charge on any atom is 0.312 e. The predicted molar refractivity (Wildman–Crippen MR) is 91.6 cm³/mol. The van der Waals surface area contributed by atoms with Gasteiger partial charge in [-0.1, -0.05) is 35.3 Å². The van der Waals surface area contributed by atoms with Crippen molar-refractivity contribution in [3.05, 3.63) is 68.2 Å². The fourth-order valence-corrected chi connectivity index (χ4v) is 2.31. The van der Waals surface area contributed by atoms with Crippen LogP contribution in [0.3, 0.4) is 0 Å². The summed E-state index contributed by atoms with van der Waals surface area (Å²) in [5.41, 5.74) is 0.589. The van der Waals surface area contributed by atoms with Gasteiger partial charge in [0.05, 0.1) is 11.0 Å². The number of nitrogens with zero attached hydrogens (tertiary/aromatic N) is 1. The highest BCUT2D eigenvalue weighted by molar-refractivity contribution is 6.31. The van der Waals surface area contributed by atoms with E-state index in [0.29, 0.717) is 5.02 Å². The van der Waals surface area contributed by atoms with Gasteiger partial charge >= 0.3 is 5.69 Å². The molecular formula is C16H14Cl2N2O4. The first kappa shape index (κ1) is 18.0. The molecule has 0 aliphatic carbocycles. The van der Waals surface area contributed by atoms with Crippen molar-refractivity contribution >= 4 is 34.8 Å². The highest BCUT2D eigenvalue weighted by atomic mass is 35.5. The average molecular weight is 369 g/mol. The van der Waals surface area contributed by atoms with E-state index in [2.05, 4.69) is 5.32 Å². The molecule has 2 aromatic rings. The van der Waals surface area contributed by atoms with Crippen LogP contribution < -0.4 is 10.1 Å². The highest BCUT2D eigenvalue weighted by Gasteiger charge is 2.17. The molecule has 0 spiro atoms. The number of hydrogen-bond donors (Lipinski definition) is 1. The molecule has 0 unspecified atom stereocenters. The number of rotatable bonds is 6. The maximum absolute atomic E-state index is 12.0. The van der Waals surface area contributed by atoms with Crippen molar-refractivity contribution in [2.24, 2.45) is 0 Å². The second-order valence-corrected chi connectivity index (χ2v) is 5.87. The van der Waals surface area contributed by atoms with Gasteiger partial charge < -0.3 is 10.1 Å². The van der Waals surface area contributed by atoms with Crippen molar-refractivity contribution in [3.63, 3.8) is 0 Å². The van der Waals surface area contributed by atoms with E-state index in [1.807, 2.05) is 6.92 Å². The second-order valence-electron chi connectivity index (χ2n) is 5.00. The molecule has 2 rings (SSSR count). The number of carbonyl (C=O) groups excluding carboxylic acids is 1. The molecule has 24 heavy (non-hydrogen) atoms. The summed E-state index contributed by atoms with van der Waals surface area (Å²) in [6.07, 6.45) is 0. The minimum Gasteiger partial charge on any atom is -0.477 e. The number of halogens is 2. The van der Waals surface area contributed by atoms with Gasteiger partial charge in [-0.3, -0.25) is 14.9 Å². The molecule has 0 heterocycles. The lowest BCUT2D eigenvalue weighted by molar-refractivity contribution is -0.385. The summed E-state index contributed by atoms with van der Waals surface area (Å²) < 4.78 is 5.24. The molecule has 0 aliphatic rings. The molecule has 0 aromatic heterocycles. The topological polar surface area (TPSA) is 81.5 Å². The van der Waals surface area contributed by atoms with E-state index in [9.17, 15) is 14.9 Å². The van der Waals surface area contributed by atoms with Crippen LogP contribution in [-0.4, -0.2) is 17.4 Å². The molecule has 0 saturated heterocycles. The standard InChI is InChI=1S/C16H14Cl2N2O4/c1-10(11-2-4-12(17)5-3-11)19-16(21)9-24-15-7-6-13(18)8-14(15)20(22)23/h2-8,10H,9H2,1H3,(H,19,21)/t10-/m1/s1. The van der Waals surface area contributed by atoms with Crippen molar-refractivity contribution in [2.75, 3.05) is 6.61 Å². The van der Waals surface area contributed by atoms with Crippen LogP contribution in [0.25, 0.3) is 0 Å². The third-order valence-corrected chi connectivity index (χ3v) is 3.71. The smallest absolute Gasteiger partial charge is 0.312 e. The molecule has 0 bridgehead atoms. The quantitative estimate of drug-likeness (QED) is 0.612. The van der Waals surface area contributed by atoms with E-state index in [-0.39, 0.29) is 29.1 Å². The number of nitro benzene ring substituents is 1. The Bertz CT molecular complexity index is 750. The minimum absolute atomic E-state index is 0.0151. The van der Waals surface area contributed by atoms with Gasteiger partial charge in [-0.15, -0.1) is 0 Å². The van der Waals surface area contributed by atoms with Crippen LogP contribution in [0, 0.1) is 10.1 Å².